The number of allylic oxidation sites excluding steroid dienone is 3. The fraction of sp³-hybridized carbons (Fsp3) is 0.333. The molecule has 3 aliphatic heterocycles. The van der Waals surface area contributed by atoms with Gasteiger partial charge in [-0.25, -0.2) is 0 Å². The highest BCUT2D eigenvalue weighted by Gasteiger charge is 2.44. The molecule has 21 heavy (non-hydrogen) atoms. The van der Waals surface area contributed by atoms with E-state index in [0.717, 1.165) is 12.8 Å². The van der Waals surface area contributed by atoms with E-state index in [4.69, 9.17) is 0 Å². The Bertz CT molecular complexity index is 652. The number of anilines is 1. The first kappa shape index (κ1) is 12.7. The van der Waals surface area contributed by atoms with Crippen LogP contribution in [0.15, 0.2) is 60.6 Å². The number of rotatable bonds is 2. The summed E-state index contributed by atoms with van der Waals surface area (Å²) in [7, 11) is 0. The molecular weight excluding hydrogens is 258 g/mol. The van der Waals surface area contributed by atoms with Crippen LogP contribution in [0.4, 0.5) is 5.69 Å². The van der Waals surface area contributed by atoms with Crippen molar-refractivity contribution >= 4 is 5.69 Å². The van der Waals surface area contributed by atoms with E-state index in [0.29, 0.717) is 0 Å². The minimum absolute atomic E-state index is 0.0516. The molecule has 3 heteroatoms. The number of para-hydroxylation sites is 1. The van der Waals surface area contributed by atoms with Crippen molar-refractivity contribution in [2.24, 2.45) is 0 Å². The molecule has 0 amide bonds. The maximum atomic E-state index is 3.90. The number of hydrogen-bond acceptors (Lipinski definition) is 3. The van der Waals surface area contributed by atoms with E-state index in [2.05, 4.69) is 83.9 Å². The van der Waals surface area contributed by atoms with Crippen molar-refractivity contribution < 1.29 is 0 Å². The number of nitrogens with one attached hydrogen (secondary N) is 1. The lowest BCUT2D eigenvalue weighted by molar-refractivity contribution is 0.187. The molecule has 0 saturated carbocycles. The average Bonchev–Trinajstić information content (AvgIpc) is 2.92. The second kappa shape index (κ2) is 4.50. The van der Waals surface area contributed by atoms with Gasteiger partial charge in [-0.1, -0.05) is 38.1 Å². The molecule has 4 rings (SSSR count). The van der Waals surface area contributed by atoms with Crippen LogP contribution in [0.25, 0.3) is 0 Å². The van der Waals surface area contributed by atoms with Crippen LogP contribution in [0.5, 0.6) is 0 Å². The van der Waals surface area contributed by atoms with Gasteiger partial charge in [0.25, 0.3) is 0 Å². The molecule has 0 fully saturated rings. The average molecular weight is 279 g/mol. The van der Waals surface area contributed by atoms with E-state index in [9.17, 15) is 0 Å². The molecule has 0 aromatic heterocycles. The first-order valence-electron chi connectivity index (χ1n) is 7.79. The molecule has 1 aromatic carbocycles. The minimum Gasteiger partial charge on any atom is -0.313 e. The molecule has 108 valence electrons. The van der Waals surface area contributed by atoms with Crippen LogP contribution in [-0.4, -0.2) is 11.2 Å². The van der Waals surface area contributed by atoms with Crippen LogP contribution in [0.3, 0.4) is 0 Å². The maximum absolute atomic E-state index is 3.90. The van der Waals surface area contributed by atoms with Crippen LogP contribution in [0, 0.1) is 0 Å². The van der Waals surface area contributed by atoms with Crippen molar-refractivity contribution in [2.75, 3.05) is 4.90 Å². The van der Waals surface area contributed by atoms with Gasteiger partial charge in [-0.2, -0.15) is 0 Å². The summed E-state index contributed by atoms with van der Waals surface area (Å²) >= 11 is 0. The van der Waals surface area contributed by atoms with Crippen molar-refractivity contribution in [3.63, 3.8) is 0 Å². The Hall–Kier alpha value is -2.00. The van der Waals surface area contributed by atoms with Gasteiger partial charge in [0, 0.05) is 23.6 Å². The van der Waals surface area contributed by atoms with Gasteiger partial charge in [0.1, 0.15) is 0 Å². The molecule has 0 bridgehead atoms. The summed E-state index contributed by atoms with van der Waals surface area (Å²) in [5.41, 5.74) is 4.04. The number of nitrogens with zero attached hydrogens (tertiary/aromatic N) is 2. The molecule has 3 nitrogen and oxygen atoms in total. The summed E-state index contributed by atoms with van der Waals surface area (Å²) in [6.07, 6.45) is 13.1. The van der Waals surface area contributed by atoms with Gasteiger partial charge in [0.2, 0.25) is 0 Å². The Kier molecular flexibility index (Phi) is 2.73. The van der Waals surface area contributed by atoms with E-state index >= 15 is 0 Å². The van der Waals surface area contributed by atoms with Crippen LogP contribution >= 0.6 is 0 Å². The first-order valence-corrected chi connectivity index (χ1v) is 7.79. The topological polar surface area (TPSA) is 18.5 Å². The summed E-state index contributed by atoms with van der Waals surface area (Å²) in [5.74, 6) is 0. The van der Waals surface area contributed by atoms with Crippen molar-refractivity contribution in [1.29, 1.82) is 0 Å². The lowest BCUT2D eigenvalue weighted by Gasteiger charge is -2.48. The van der Waals surface area contributed by atoms with Gasteiger partial charge in [-0.3, -0.25) is 5.32 Å². The summed E-state index contributed by atoms with van der Waals surface area (Å²) in [6, 6.07) is 8.80. The van der Waals surface area contributed by atoms with Crippen LogP contribution in [0.2, 0.25) is 0 Å². The van der Waals surface area contributed by atoms with Crippen LogP contribution < -0.4 is 10.2 Å². The Morgan fingerprint density at radius 3 is 2.71 bits per heavy atom. The summed E-state index contributed by atoms with van der Waals surface area (Å²) < 4.78 is 0. The monoisotopic (exact) mass is 279 g/mol. The smallest absolute Gasteiger partial charge is 0.166 e. The maximum Gasteiger partial charge on any atom is 0.166 e. The molecule has 0 radical (unpaired) electrons. The standard InChI is InChI=1S/C18H21N3/c1-3-18(4-2)15-10-5-6-11-16(15)21-13-14-9-7-8-12-20(14)17(21)19-18/h5-13,17,19H,3-4H2,1-2H3. The van der Waals surface area contributed by atoms with Crippen molar-refractivity contribution in [3.05, 3.63) is 66.2 Å². The third-order valence-corrected chi connectivity index (χ3v) is 5.03. The van der Waals surface area contributed by atoms with Crippen molar-refractivity contribution in [2.45, 2.75) is 38.5 Å². The van der Waals surface area contributed by atoms with E-state index in [1.807, 2.05) is 0 Å². The Labute approximate surface area is 126 Å². The Morgan fingerprint density at radius 2 is 1.90 bits per heavy atom. The van der Waals surface area contributed by atoms with Gasteiger partial charge < -0.3 is 9.80 Å². The fourth-order valence-corrected chi connectivity index (χ4v) is 3.75. The molecule has 3 heterocycles. The molecule has 1 N–H and O–H groups in total. The molecular formula is C18H21N3. The zero-order chi connectivity index (χ0) is 14.4. The predicted octanol–water partition coefficient (Wildman–Crippen LogP) is 3.64. The largest absolute Gasteiger partial charge is 0.313 e. The third kappa shape index (κ3) is 1.64. The van der Waals surface area contributed by atoms with E-state index in [1.165, 1.54) is 16.9 Å². The molecule has 1 atom stereocenters. The van der Waals surface area contributed by atoms with Crippen molar-refractivity contribution in [3.8, 4) is 0 Å². The van der Waals surface area contributed by atoms with Crippen LogP contribution in [-0.2, 0) is 5.54 Å². The molecule has 0 spiro atoms. The first-order chi connectivity index (χ1) is 10.3. The summed E-state index contributed by atoms with van der Waals surface area (Å²) in [5, 5.41) is 3.90. The lowest BCUT2D eigenvalue weighted by atomic mass is 9.82. The number of fused-ring (bicyclic) bond motifs is 5. The third-order valence-electron chi connectivity index (χ3n) is 5.03. The van der Waals surface area contributed by atoms with Crippen molar-refractivity contribution in [1.82, 2.24) is 10.2 Å². The molecule has 3 aliphatic rings. The highest BCUT2D eigenvalue weighted by Crippen LogP contribution is 2.44. The fourth-order valence-electron chi connectivity index (χ4n) is 3.75. The highest BCUT2D eigenvalue weighted by atomic mass is 15.5. The van der Waals surface area contributed by atoms with Gasteiger partial charge in [-0.15, -0.1) is 0 Å². The SMILES string of the molecule is CCC1(CC)NC2N3C=CC=CC3=CN2c2ccccc21. The molecule has 1 unspecified atom stereocenters. The highest BCUT2D eigenvalue weighted by molar-refractivity contribution is 5.64. The van der Waals surface area contributed by atoms with Gasteiger partial charge in [-0.05, 0) is 36.6 Å². The quantitative estimate of drug-likeness (QED) is 0.891. The van der Waals surface area contributed by atoms with Gasteiger partial charge >= 0.3 is 0 Å². The molecule has 0 saturated heterocycles. The molecule has 0 aliphatic carbocycles. The van der Waals surface area contributed by atoms with E-state index < -0.39 is 0 Å². The Balaban J connectivity index is 1.88. The lowest BCUT2D eigenvalue weighted by Crippen LogP contribution is -2.60. The summed E-state index contributed by atoms with van der Waals surface area (Å²) in [4.78, 5) is 4.67. The summed E-state index contributed by atoms with van der Waals surface area (Å²) in [6.45, 7) is 4.55. The minimum atomic E-state index is 0.0516. The second-order valence-corrected chi connectivity index (χ2v) is 5.89. The predicted molar refractivity (Wildman–Crippen MR) is 86.3 cm³/mol. The van der Waals surface area contributed by atoms with Crippen LogP contribution in [0.1, 0.15) is 32.3 Å². The van der Waals surface area contributed by atoms with Gasteiger partial charge in [0.05, 0.1) is 5.70 Å². The van der Waals surface area contributed by atoms with E-state index in [1.54, 1.807) is 0 Å². The molecule has 1 aromatic rings. The Morgan fingerprint density at radius 1 is 1.10 bits per heavy atom. The van der Waals surface area contributed by atoms with E-state index in [-0.39, 0.29) is 11.8 Å². The second-order valence-electron chi connectivity index (χ2n) is 5.89. The number of hydrogen-bond donors (Lipinski definition) is 1. The van der Waals surface area contributed by atoms with Gasteiger partial charge in [0.15, 0.2) is 6.29 Å². The normalized spacial score (nSPS) is 24.5. The number of benzene rings is 1. The zero-order valence-corrected chi connectivity index (χ0v) is 12.6. The zero-order valence-electron chi connectivity index (χ0n) is 12.6.